The van der Waals surface area contributed by atoms with Crippen LogP contribution in [0.4, 0.5) is 0 Å². The minimum Gasteiger partial charge on any atom is -0.388 e. The Kier molecular flexibility index (Phi) is 3.92. The number of aryl methyl sites for hydroxylation is 3. The Morgan fingerprint density at radius 2 is 1.94 bits per heavy atom. The molecule has 2 nitrogen and oxygen atoms in total. The molecule has 90 valence electrons. The molecule has 0 aliphatic heterocycles. The van der Waals surface area contributed by atoms with Gasteiger partial charge in [-0.25, -0.2) is 4.98 Å². The molecule has 2 rings (SSSR count). The molecule has 0 aliphatic carbocycles. The van der Waals surface area contributed by atoms with Crippen molar-refractivity contribution in [1.29, 1.82) is 0 Å². The van der Waals surface area contributed by atoms with E-state index in [1.165, 1.54) is 5.56 Å². The van der Waals surface area contributed by atoms with E-state index in [0.29, 0.717) is 0 Å². The summed E-state index contributed by atoms with van der Waals surface area (Å²) in [6.45, 7) is 4.05. The first kappa shape index (κ1) is 12.3. The predicted molar refractivity (Wildman–Crippen MR) is 71.3 cm³/mol. The van der Waals surface area contributed by atoms with E-state index in [1.54, 1.807) is 11.3 Å². The lowest BCUT2D eigenvalue weighted by atomic mass is 10.0. The van der Waals surface area contributed by atoms with E-state index >= 15 is 0 Å². The lowest BCUT2D eigenvalue weighted by molar-refractivity contribution is 0.168. The number of hydrogen-bond donors (Lipinski definition) is 1. The van der Waals surface area contributed by atoms with Crippen LogP contribution in [-0.2, 0) is 6.42 Å². The summed E-state index contributed by atoms with van der Waals surface area (Å²) in [5, 5.41) is 13.2. The van der Waals surface area contributed by atoms with Crippen molar-refractivity contribution in [2.75, 3.05) is 0 Å². The number of aliphatic hydroxyl groups excluding tert-OH is 1. The summed E-state index contributed by atoms with van der Waals surface area (Å²) in [6.07, 6.45) is 1.18. The van der Waals surface area contributed by atoms with Gasteiger partial charge in [0.1, 0.15) is 0 Å². The normalized spacial score (nSPS) is 12.6. The maximum atomic E-state index is 10.1. The maximum Gasteiger partial charge on any atom is 0.0929 e. The van der Waals surface area contributed by atoms with Gasteiger partial charge in [0.25, 0.3) is 0 Å². The van der Waals surface area contributed by atoms with Gasteiger partial charge in [0, 0.05) is 17.5 Å². The second-order valence-electron chi connectivity index (χ2n) is 4.35. The van der Waals surface area contributed by atoms with Crippen LogP contribution in [0.1, 0.15) is 34.4 Å². The summed E-state index contributed by atoms with van der Waals surface area (Å²) in [7, 11) is 0. The lowest BCUT2D eigenvalue weighted by Gasteiger charge is -2.10. The Labute approximate surface area is 106 Å². The Morgan fingerprint density at radius 3 is 2.53 bits per heavy atom. The first-order valence-corrected chi connectivity index (χ1v) is 6.69. The molecule has 1 aromatic heterocycles. The first-order valence-electron chi connectivity index (χ1n) is 5.81. The van der Waals surface area contributed by atoms with Crippen LogP contribution in [0.3, 0.4) is 0 Å². The molecule has 3 heteroatoms. The molecule has 1 aromatic carbocycles. The molecule has 0 saturated carbocycles. The predicted octanol–water partition coefficient (Wildman–Crippen LogP) is 3.43. The average molecular weight is 247 g/mol. The minimum absolute atomic E-state index is 0.389. The monoisotopic (exact) mass is 247 g/mol. The second-order valence-corrected chi connectivity index (χ2v) is 5.29. The average Bonchev–Trinajstić information content (AvgIpc) is 2.73. The number of benzene rings is 1. The van der Waals surface area contributed by atoms with E-state index < -0.39 is 0 Å². The number of aliphatic hydroxyl groups is 1. The summed E-state index contributed by atoms with van der Waals surface area (Å²) < 4.78 is 0. The Bertz CT molecular complexity index is 475. The zero-order chi connectivity index (χ0) is 12.3. The van der Waals surface area contributed by atoms with E-state index in [9.17, 15) is 5.11 Å². The quantitative estimate of drug-likeness (QED) is 0.898. The minimum atomic E-state index is -0.389. The fourth-order valence-corrected chi connectivity index (χ4v) is 2.52. The lowest BCUT2D eigenvalue weighted by Crippen LogP contribution is -1.99. The van der Waals surface area contributed by atoms with E-state index in [4.69, 9.17) is 0 Å². The molecule has 1 heterocycles. The maximum absolute atomic E-state index is 10.1. The van der Waals surface area contributed by atoms with Crippen molar-refractivity contribution in [3.8, 4) is 0 Å². The molecule has 0 radical (unpaired) electrons. The number of nitrogens with zero attached hydrogens (tertiary/aromatic N) is 1. The highest BCUT2D eigenvalue weighted by Crippen LogP contribution is 2.20. The largest absolute Gasteiger partial charge is 0.388 e. The highest BCUT2D eigenvalue weighted by Gasteiger charge is 2.08. The van der Waals surface area contributed by atoms with Crippen LogP contribution >= 0.6 is 11.3 Å². The third kappa shape index (κ3) is 3.38. The van der Waals surface area contributed by atoms with Crippen LogP contribution in [0.5, 0.6) is 0 Å². The number of thiazole rings is 1. The van der Waals surface area contributed by atoms with Gasteiger partial charge < -0.3 is 5.11 Å². The van der Waals surface area contributed by atoms with Gasteiger partial charge in [-0.3, -0.25) is 0 Å². The molecule has 2 aromatic rings. The fourth-order valence-electron chi connectivity index (χ4n) is 1.73. The van der Waals surface area contributed by atoms with Gasteiger partial charge in [-0.1, -0.05) is 29.8 Å². The SMILES string of the molecule is Cc1ccc(C(O)CCc2nc(C)cs2)cc1. The van der Waals surface area contributed by atoms with Crippen molar-refractivity contribution in [2.24, 2.45) is 0 Å². The molecule has 17 heavy (non-hydrogen) atoms. The molecule has 1 N–H and O–H groups in total. The topological polar surface area (TPSA) is 33.1 Å². The van der Waals surface area contributed by atoms with Gasteiger partial charge in [0.2, 0.25) is 0 Å². The summed E-state index contributed by atoms with van der Waals surface area (Å²) in [5.74, 6) is 0. The van der Waals surface area contributed by atoms with E-state index in [1.807, 2.05) is 36.6 Å². The Balaban J connectivity index is 1.93. The van der Waals surface area contributed by atoms with Gasteiger partial charge in [0.15, 0.2) is 0 Å². The van der Waals surface area contributed by atoms with Gasteiger partial charge in [0.05, 0.1) is 11.1 Å². The Hall–Kier alpha value is -1.19. The van der Waals surface area contributed by atoms with Gasteiger partial charge in [-0.05, 0) is 25.8 Å². The Morgan fingerprint density at radius 1 is 1.24 bits per heavy atom. The van der Waals surface area contributed by atoms with Crippen molar-refractivity contribution in [2.45, 2.75) is 32.8 Å². The molecule has 0 saturated heterocycles. The zero-order valence-corrected chi connectivity index (χ0v) is 11.0. The van der Waals surface area contributed by atoms with Gasteiger partial charge >= 0.3 is 0 Å². The fraction of sp³-hybridized carbons (Fsp3) is 0.357. The van der Waals surface area contributed by atoms with Crippen molar-refractivity contribution in [1.82, 2.24) is 4.98 Å². The molecule has 0 amide bonds. The van der Waals surface area contributed by atoms with Crippen molar-refractivity contribution in [3.05, 3.63) is 51.5 Å². The summed E-state index contributed by atoms with van der Waals surface area (Å²) in [5.41, 5.74) is 3.27. The van der Waals surface area contributed by atoms with E-state index in [0.717, 1.165) is 29.1 Å². The highest BCUT2D eigenvalue weighted by molar-refractivity contribution is 7.09. The van der Waals surface area contributed by atoms with Crippen LogP contribution in [0.15, 0.2) is 29.6 Å². The molecule has 0 aliphatic rings. The van der Waals surface area contributed by atoms with E-state index in [-0.39, 0.29) is 6.10 Å². The second kappa shape index (κ2) is 5.43. The summed E-state index contributed by atoms with van der Waals surface area (Å²) in [6, 6.07) is 8.05. The number of hydrogen-bond acceptors (Lipinski definition) is 3. The van der Waals surface area contributed by atoms with Crippen LogP contribution in [0, 0.1) is 13.8 Å². The highest BCUT2D eigenvalue weighted by atomic mass is 32.1. The first-order chi connectivity index (χ1) is 8.15. The smallest absolute Gasteiger partial charge is 0.0929 e. The molecule has 1 atom stereocenters. The molecular weight excluding hydrogens is 230 g/mol. The van der Waals surface area contributed by atoms with Crippen LogP contribution in [0.25, 0.3) is 0 Å². The van der Waals surface area contributed by atoms with E-state index in [2.05, 4.69) is 11.9 Å². The van der Waals surface area contributed by atoms with Crippen molar-refractivity contribution in [3.63, 3.8) is 0 Å². The van der Waals surface area contributed by atoms with Crippen molar-refractivity contribution >= 4 is 11.3 Å². The third-order valence-corrected chi connectivity index (χ3v) is 3.79. The molecule has 1 unspecified atom stereocenters. The standard InChI is InChI=1S/C14H17NOS/c1-10-3-5-12(6-4-10)13(16)7-8-14-15-11(2)9-17-14/h3-6,9,13,16H,7-8H2,1-2H3. The molecular formula is C14H17NOS. The van der Waals surface area contributed by atoms with Gasteiger partial charge in [-0.2, -0.15) is 0 Å². The number of rotatable bonds is 4. The van der Waals surface area contributed by atoms with Crippen LogP contribution in [-0.4, -0.2) is 10.1 Å². The summed E-state index contributed by atoms with van der Waals surface area (Å²) >= 11 is 1.67. The zero-order valence-electron chi connectivity index (χ0n) is 10.2. The van der Waals surface area contributed by atoms with Gasteiger partial charge in [-0.15, -0.1) is 11.3 Å². The molecule has 0 fully saturated rings. The third-order valence-electron chi connectivity index (χ3n) is 2.76. The molecule has 0 spiro atoms. The molecule has 0 bridgehead atoms. The van der Waals surface area contributed by atoms with Crippen LogP contribution in [0.2, 0.25) is 0 Å². The number of aromatic nitrogens is 1. The van der Waals surface area contributed by atoms with Crippen molar-refractivity contribution < 1.29 is 5.11 Å². The summed E-state index contributed by atoms with van der Waals surface area (Å²) in [4.78, 5) is 4.40. The van der Waals surface area contributed by atoms with Crippen LogP contribution < -0.4 is 0 Å².